The molecule has 1 fully saturated rings. The Hall–Kier alpha value is -1.53. The second-order valence-electron chi connectivity index (χ2n) is 5.77. The maximum absolute atomic E-state index is 9.63. The number of ether oxygens (including phenoxy) is 1. The summed E-state index contributed by atoms with van der Waals surface area (Å²) in [6.45, 7) is 6.90. The van der Waals surface area contributed by atoms with Crippen molar-refractivity contribution in [2.75, 3.05) is 11.9 Å². The van der Waals surface area contributed by atoms with Gasteiger partial charge in [-0.25, -0.2) is 0 Å². The summed E-state index contributed by atoms with van der Waals surface area (Å²) in [5.41, 5.74) is 1.49. The van der Waals surface area contributed by atoms with E-state index in [1.165, 1.54) is 5.56 Å². The first-order chi connectivity index (χ1) is 9.01. The van der Waals surface area contributed by atoms with Crippen molar-refractivity contribution in [3.05, 3.63) is 29.8 Å². The second-order valence-corrected chi connectivity index (χ2v) is 5.77. The van der Waals surface area contributed by atoms with Crippen LogP contribution in [0, 0.1) is 18.3 Å². The van der Waals surface area contributed by atoms with E-state index in [-0.39, 0.29) is 5.60 Å². The number of nitriles is 1. The first kappa shape index (κ1) is 13.9. The molecule has 0 bridgehead atoms. The van der Waals surface area contributed by atoms with Gasteiger partial charge in [-0.2, -0.15) is 5.26 Å². The van der Waals surface area contributed by atoms with Crippen molar-refractivity contribution in [2.24, 2.45) is 0 Å². The zero-order chi connectivity index (χ0) is 13.9. The maximum atomic E-state index is 9.63. The van der Waals surface area contributed by atoms with Gasteiger partial charge in [0.1, 0.15) is 5.54 Å². The van der Waals surface area contributed by atoms with Gasteiger partial charge < -0.3 is 10.1 Å². The molecule has 0 aliphatic carbocycles. The fourth-order valence-corrected chi connectivity index (χ4v) is 2.71. The third-order valence-electron chi connectivity index (χ3n) is 4.02. The summed E-state index contributed by atoms with van der Waals surface area (Å²) >= 11 is 0. The van der Waals surface area contributed by atoms with Crippen molar-refractivity contribution in [3.8, 4) is 6.07 Å². The first-order valence-electron chi connectivity index (χ1n) is 6.91. The summed E-state index contributed by atoms with van der Waals surface area (Å²) in [4.78, 5) is 0. The van der Waals surface area contributed by atoms with Gasteiger partial charge in [0.15, 0.2) is 0 Å². The van der Waals surface area contributed by atoms with Crippen LogP contribution in [-0.4, -0.2) is 17.7 Å². The molecule has 0 aromatic heterocycles. The highest BCUT2D eigenvalue weighted by Gasteiger charge is 2.42. The number of nitrogens with zero attached hydrogens (tertiary/aromatic N) is 1. The molecule has 0 spiro atoms. The van der Waals surface area contributed by atoms with E-state index >= 15 is 0 Å². The van der Waals surface area contributed by atoms with Crippen LogP contribution in [0.1, 0.15) is 38.7 Å². The minimum Gasteiger partial charge on any atom is -0.375 e. The second kappa shape index (κ2) is 5.22. The summed E-state index contributed by atoms with van der Waals surface area (Å²) in [5.74, 6) is 0. The number of benzene rings is 1. The van der Waals surface area contributed by atoms with Crippen molar-refractivity contribution in [1.82, 2.24) is 0 Å². The van der Waals surface area contributed by atoms with E-state index in [1.54, 1.807) is 0 Å². The van der Waals surface area contributed by atoms with Gasteiger partial charge in [-0.3, -0.25) is 0 Å². The molecule has 1 aromatic carbocycles. The van der Waals surface area contributed by atoms with Crippen LogP contribution in [0.5, 0.6) is 0 Å². The number of hydrogen-bond donors (Lipinski definition) is 1. The minimum absolute atomic E-state index is 0.204. The fraction of sp³-hybridized carbons (Fsp3) is 0.562. The van der Waals surface area contributed by atoms with Gasteiger partial charge in [-0.1, -0.05) is 19.1 Å². The lowest BCUT2D eigenvalue weighted by molar-refractivity contribution is -0.0809. The molecule has 102 valence electrons. The van der Waals surface area contributed by atoms with Gasteiger partial charge in [-0.15, -0.1) is 0 Å². The molecular formula is C16H22N2O. The van der Waals surface area contributed by atoms with Crippen LogP contribution in [0.25, 0.3) is 0 Å². The summed E-state index contributed by atoms with van der Waals surface area (Å²) in [6.07, 6.45) is 2.37. The third kappa shape index (κ3) is 3.08. The van der Waals surface area contributed by atoms with Crippen LogP contribution in [-0.2, 0) is 4.74 Å². The van der Waals surface area contributed by atoms with Crippen molar-refractivity contribution >= 4 is 5.69 Å². The van der Waals surface area contributed by atoms with Crippen LogP contribution in [0.2, 0.25) is 0 Å². The molecule has 2 atom stereocenters. The monoisotopic (exact) mass is 258 g/mol. The lowest BCUT2D eigenvalue weighted by Crippen LogP contribution is -2.50. The molecule has 3 heteroatoms. The summed E-state index contributed by atoms with van der Waals surface area (Å²) < 4.78 is 5.84. The third-order valence-corrected chi connectivity index (χ3v) is 4.02. The predicted molar refractivity (Wildman–Crippen MR) is 77.0 cm³/mol. The molecule has 19 heavy (non-hydrogen) atoms. The van der Waals surface area contributed by atoms with Gasteiger partial charge in [-0.05, 0) is 38.0 Å². The van der Waals surface area contributed by atoms with Gasteiger partial charge in [0.25, 0.3) is 0 Å². The van der Waals surface area contributed by atoms with Gasteiger partial charge in [0, 0.05) is 18.5 Å². The van der Waals surface area contributed by atoms with Crippen LogP contribution >= 0.6 is 0 Å². The van der Waals surface area contributed by atoms with Crippen LogP contribution in [0.4, 0.5) is 5.69 Å². The molecule has 1 saturated heterocycles. The molecule has 1 aromatic rings. The lowest BCUT2D eigenvalue weighted by atomic mass is 9.80. The van der Waals surface area contributed by atoms with Crippen LogP contribution < -0.4 is 5.32 Å². The number of aryl methyl sites for hydroxylation is 1. The Kier molecular flexibility index (Phi) is 3.82. The Bertz CT molecular complexity index is 494. The summed E-state index contributed by atoms with van der Waals surface area (Å²) in [7, 11) is 0. The summed E-state index contributed by atoms with van der Waals surface area (Å²) in [5, 5.41) is 13.1. The normalized spacial score (nSPS) is 30.6. The standard InChI is InChI=1S/C16H22N2O/c1-4-15(3)11-16(12-17,8-9-19-15)18-14-7-5-6-13(2)10-14/h5-7,10,18H,4,8-9,11H2,1-3H3. The Balaban J connectivity index is 2.22. The largest absolute Gasteiger partial charge is 0.375 e. The molecule has 1 N–H and O–H groups in total. The van der Waals surface area contributed by atoms with E-state index < -0.39 is 5.54 Å². The Labute approximate surface area is 115 Å². The number of nitrogens with one attached hydrogen (secondary N) is 1. The first-order valence-corrected chi connectivity index (χ1v) is 6.91. The van der Waals surface area contributed by atoms with Crippen molar-refractivity contribution < 1.29 is 4.74 Å². The molecule has 1 aliphatic heterocycles. The molecule has 0 amide bonds. The minimum atomic E-state index is -0.517. The highest BCUT2D eigenvalue weighted by atomic mass is 16.5. The highest BCUT2D eigenvalue weighted by Crippen LogP contribution is 2.36. The molecule has 2 rings (SSSR count). The topological polar surface area (TPSA) is 45.0 Å². The van der Waals surface area contributed by atoms with E-state index in [4.69, 9.17) is 4.74 Å². The summed E-state index contributed by atoms with van der Waals surface area (Å²) in [6, 6.07) is 10.7. The molecule has 0 radical (unpaired) electrons. The molecule has 1 aliphatic rings. The quantitative estimate of drug-likeness (QED) is 0.900. The highest BCUT2D eigenvalue weighted by molar-refractivity contribution is 5.50. The fourth-order valence-electron chi connectivity index (χ4n) is 2.71. The van der Waals surface area contributed by atoms with Gasteiger partial charge in [0.05, 0.1) is 18.3 Å². The Morgan fingerprint density at radius 2 is 2.26 bits per heavy atom. The Morgan fingerprint density at radius 3 is 2.89 bits per heavy atom. The lowest BCUT2D eigenvalue weighted by Gasteiger charge is -2.43. The van der Waals surface area contributed by atoms with Gasteiger partial charge >= 0.3 is 0 Å². The van der Waals surface area contributed by atoms with E-state index in [2.05, 4.69) is 44.3 Å². The van der Waals surface area contributed by atoms with Gasteiger partial charge in [0.2, 0.25) is 0 Å². The van der Waals surface area contributed by atoms with Crippen molar-refractivity contribution in [3.63, 3.8) is 0 Å². The van der Waals surface area contributed by atoms with Crippen molar-refractivity contribution in [1.29, 1.82) is 5.26 Å². The average molecular weight is 258 g/mol. The molecule has 2 unspecified atom stereocenters. The maximum Gasteiger partial charge on any atom is 0.130 e. The van der Waals surface area contributed by atoms with E-state index in [1.807, 2.05) is 12.1 Å². The molecule has 1 heterocycles. The smallest absolute Gasteiger partial charge is 0.130 e. The number of anilines is 1. The zero-order valence-electron chi connectivity index (χ0n) is 12.0. The Morgan fingerprint density at radius 1 is 1.47 bits per heavy atom. The number of hydrogen-bond acceptors (Lipinski definition) is 3. The van der Waals surface area contributed by atoms with Crippen LogP contribution in [0.15, 0.2) is 24.3 Å². The van der Waals surface area contributed by atoms with Crippen LogP contribution in [0.3, 0.4) is 0 Å². The van der Waals surface area contributed by atoms with E-state index in [0.717, 1.165) is 24.9 Å². The average Bonchev–Trinajstić information content (AvgIpc) is 2.39. The molecular weight excluding hydrogens is 236 g/mol. The van der Waals surface area contributed by atoms with E-state index in [0.29, 0.717) is 6.61 Å². The zero-order valence-corrected chi connectivity index (χ0v) is 12.0. The SMILES string of the molecule is CCC1(C)CC(C#N)(Nc2cccc(C)c2)CCO1. The number of rotatable bonds is 3. The van der Waals surface area contributed by atoms with Crippen molar-refractivity contribution in [2.45, 2.75) is 51.2 Å². The molecule has 0 saturated carbocycles. The molecule has 3 nitrogen and oxygen atoms in total. The van der Waals surface area contributed by atoms with E-state index in [9.17, 15) is 5.26 Å². The predicted octanol–water partition coefficient (Wildman–Crippen LogP) is 3.65.